The van der Waals surface area contributed by atoms with Crippen LogP contribution in [0.5, 0.6) is 0 Å². The molecule has 0 radical (unpaired) electrons. The predicted octanol–water partition coefficient (Wildman–Crippen LogP) is 2.49. The van der Waals surface area contributed by atoms with Crippen LogP contribution in [0, 0.1) is 16.7 Å². The van der Waals surface area contributed by atoms with Crippen LogP contribution in [0.25, 0.3) is 0 Å². The van der Waals surface area contributed by atoms with Crippen molar-refractivity contribution in [1.29, 1.82) is 0 Å². The van der Waals surface area contributed by atoms with Crippen LogP contribution in [0.4, 0.5) is 0 Å². The molecule has 0 aliphatic heterocycles. The number of aliphatic hydroxyl groups excluding tert-OH is 1. The van der Waals surface area contributed by atoms with E-state index in [1.165, 1.54) is 0 Å². The number of nitrogens with zero attached hydrogens (tertiary/aromatic N) is 1. The molecule has 3 nitrogen and oxygen atoms in total. The summed E-state index contributed by atoms with van der Waals surface area (Å²) in [5, 5.41) is 11.7. The van der Waals surface area contributed by atoms with Crippen LogP contribution in [0.1, 0.15) is 20.8 Å². The number of hydrogen-bond donors (Lipinski definition) is 1. The van der Waals surface area contributed by atoms with Crippen LogP contribution >= 0.6 is 0 Å². The minimum atomic E-state index is 0.0671. The van der Waals surface area contributed by atoms with Gasteiger partial charge in [-0.1, -0.05) is 19.0 Å². The summed E-state index contributed by atoms with van der Waals surface area (Å²) < 4.78 is 0. The second-order valence-corrected chi connectivity index (χ2v) is 3.03. The van der Waals surface area contributed by atoms with E-state index in [0.29, 0.717) is 5.92 Å². The van der Waals surface area contributed by atoms with Gasteiger partial charge in [-0.3, -0.25) is 0 Å². The molecule has 0 aliphatic rings. The van der Waals surface area contributed by atoms with Crippen LogP contribution in [-0.2, 0) is 0 Å². The van der Waals surface area contributed by atoms with Gasteiger partial charge in [0.1, 0.15) is 0 Å². The van der Waals surface area contributed by atoms with Gasteiger partial charge in [-0.25, -0.2) is 0 Å². The average Bonchev–Trinajstić information content (AvgIpc) is 1.86. The molecule has 0 aliphatic carbocycles. The number of aliphatic hydroxyl groups is 1. The van der Waals surface area contributed by atoms with Gasteiger partial charge < -0.3 is 5.11 Å². The summed E-state index contributed by atoms with van der Waals surface area (Å²) in [5.41, 5.74) is 0. The van der Waals surface area contributed by atoms with Crippen molar-refractivity contribution < 1.29 is 5.11 Å². The topological polar surface area (TPSA) is 49.7 Å². The van der Waals surface area contributed by atoms with Gasteiger partial charge in [-0.15, -0.1) is 0 Å². The van der Waals surface area contributed by atoms with Gasteiger partial charge in [-0.2, -0.15) is 4.91 Å². The minimum Gasteiger partial charge on any atom is -0.513 e. The molecule has 64 valence electrons. The molecule has 1 N–H and O–H groups in total. The quantitative estimate of drug-likeness (QED) is 0.503. The van der Waals surface area contributed by atoms with Crippen molar-refractivity contribution in [1.82, 2.24) is 0 Å². The maximum absolute atomic E-state index is 9.94. The second-order valence-electron chi connectivity index (χ2n) is 3.03. The lowest BCUT2D eigenvalue weighted by Crippen LogP contribution is -2.09. The number of allylic oxidation sites excluding steroid dienone is 1. The maximum atomic E-state index is 9.94. The Labute approximate surface area is 67.1 Å². The molecule has 0 aromatic carbocycles. The zero-order valence-electron chi connectivity index (χ0n) is 7.24. The van der Waals surface area contributed by atoms with Crippen molar-refractivity contribution in [2.24, 2.45) is 17.0 Å². The van der Waals surface area contributed by atoms with Gasteiger partial charge in [0.15, 0.2) is 0 Å². The molecular formula is C8H15NO2. The van der Waals surface area contributed by atoms with E-state index >= 15 is 0 Å². The molecule has 1 atom stereocenters. The van der Waals surface area contributed by atoms with Gasteiger partial charge in [-0.05, 0) is 18.9 Å². The summed E-state index contributed by atoms with van der Waals surface area (Å²) in [6.07, 6.45) is 1.67. The highest BCUT2D eigenvalue weighted by atomic mass is 16.3. The molecule has 0 bridgehead atoms. The maximum Gasteiger partial charge on any atom is 0.0877 e. The lowest BCUT2D eigenvalue weighted by molar-refractivity contribution is 0.389. The molecule has 0 saturated carbocycles. The Balaban J connectivity index is 4.10. The third kappa shape index (κ3) is 4.53. The second kappa shape index (κ2) is 4.88. The van der Waals surface area contributed by atoms with Crippen molar-refractivity contribution in [3.05, 3.63) is 16.7 Å². The molecule has 0 spiro atoms. The highest BCUT2D eigenvalue weighted by molar-refractivity contribution is 4.93. The van der Waals surface area contributed by atoms with Crippen molar-refractivity contribution in [3.8, 4) is 0 Å². The SMILES string of the molecule is C/C(O)=C/C(CN=O)C(C)C. The van der Waals surface area contributed by atoms with Crippen molar-refractivity contribution in [2.45, 2.75) is 20.8 Å². The van der Waals surface area contributed by atoms with Crippen LogP contribution in [0.2, 0.25) is 0 Å². The summed E-state index contributed by atoms with van der Waals surface area (Å²) in [6.45, 7) is 5.83. The van der Waals surface area contributed by atoms with Crippen LogP contribution in [-0.4, -0.2) is 11.7 Å². The number of hydrogen-bond acceptors (Lipinski definition) is 3. The van der Waals surface area contributed by atoms with Crippen molar-refractivity contribution in [3.63, 3.8) is 0 Å². The van der Waals surface area contributed by atoms with E-state index in [2.05, 4.69) is 5.18 Å². The molecule has 1 unspecified atom stereocenters. The predicted molar refractivity (Wildman–Crippen MR) is 45.4 cm³/mol. The normalized spacial score (nSPS) is 15.1. The lowest BCUT2D eigenvalue weighted by Gasteiger charge is -2.12. The van der Waals surface area contributed by atoms with E-state index in [1.807, 2.05) is 13.8 Å². The summed E-state index contributed by atoms with van der Waals surface area (Å²) in [6, 6.07) is 0. The van der Waals surface area contributed by atoms with Gasteiger partial charge in [0.05, 0.1) is 12.3 Å². The summed E-state index contributed by atoms with van der Waals surface area (Å²) in [7, 11) is 0. The Bertz CT molecular complexity index is 148. The highest BCUT2D eigenvalue weighted by Gasteiger charge is 2.10. The molecule has 0 amide bonds. The van der Waals surface area contributed by atoms with Gasteiger partial charge in [0.2, 0.25) is 0 Å². The molecular weight excluding hydrogens is 142 g/mol. The van der Waals surface area contributed by atoms with E-state index in [1.54, 1.807) is 13.0 Å². The Morgan fingerprint density at radius 1 is 1.64 bits per heavy atom. The first-order chi connectivity index (χ1) is 5.07. The Hall–Kier alpha value is -0.860. The van der Waals surface area contributed by atoms with E-state index in [0.717, 1.165) is 0 Å². The first kappa shape index (κ1) is 10.1. The average molecular weight is 157 g/mol. The fraction of sp³-hybridized carbons (Fsp3) is 0.750. The summed E-state index contributed by atoms with van der Waals surface area (Å²) in [4.78, 5) is 9.94. The van der Waals surface area contributed by atoms with Crippen molar-refractivity contribution >= 4 is 0 Å². The van der Waals surface area contributed by atoms with Gasteiger partial charge in [0, 0.05) is 5.92 Å². The molecule has 0 saturated heterocycles. The fourth-order valence-electron chi connectivity index (χ4n) is 0.852. The molecule has 0 heterocycles. The van der Waals surface area contributed by atoms with Crippen LogP contribution in [0.3, 0.4) is 0 Å². The zero-order valence-corrected chi connectivity index (χ0v) is 7.24. The largest absolute Gasteiger partial charge is 0.513 e. The Kier molecular flexibility index (Phi) is 4.50. The van der Waals surface area contributed by atoms with Crippen LogP contribution in [0.15, 0.2) is 17.0 Å². The summed E-state index contributed by atoms with van der Waals surface area (Å²) in [5.74, 6) is 0.666. The Morgan fingerprint density at radius 3 is 2.45 bits per heavy atom. The van der Waals surface area contributed by atoms with E-state index in [9.17, 15) is 4.91 Å². The lowest BCUT2D eigenvalue weighted by atomic mass is 9.95. The van der Waals surface area contributed by atoms with E-state index in [-0.39, 0.29) is 18.2 Å². The minimum absolute atomic E-state index is 0.0671. The first-order valence-electron chi connectivity index (χ1n) is 3.74. The monoisotopic (exact) mass is 157 g/mol. The standard InChI is InChI=1S/C8H15NO2/c1-6(2)8(5-9-11)4-7(3)10/h4,6,8,10H,5H2,1-3H3/b7-4-. The van der Waals surface area contributed by atoms with Gasteiger partial charge >= 0.3 is 0 Å². The summed E-state index contributed by atoms with van der Waals surface area (Å²) >= 11 is 0. The van der Waals surface area contributed by atoms with Gasteiger partial charge in [0.25, 0.3) is 0 Å². The number of nitroso groups, excluding NO2 is 1. The molecule has 3 heteroatoms. The first-order valence-corrected chi connectivity index (χ1v) is 3.74. The molecule has 0 fully saturated rings. The smallest absolute Gasteiger partial charge is 0.0877 e. The molecule has 0 aromatic rings. The fourth-order valence-corrected chi connectivity index (χ4v) is 0.852. The third-order valence-corrected chi connectivity index (χ3v) is 1.60. The molecule has 0 rings (SSSR count). The van der Waals surface area contributed by atoms with Crippen LogP contribution < -0.4 is 0 Å². The highest BCUT2D eigenvalue weighted by Crippen LogP contribution is 2.13. The van der Waals surface area contributed by atoms with E-state index in [4.69, 9.17) is 5.11 Å². The van der Waals surface area contributed by atoms with E-state index < -0.39 is 0 Å². The molecule has 0 aromatic heterocycles. The number of rotatable bonds is 4. The third-order valence-electron chi connectivity index (χ3n) is 1.60. The Morgan fingerprint density at radius 2 is 2.18 bits per heavy atom. The molecule has 11 heavy (non-hydrogen) atoms. The van der Waals surface area contributed by atoms with Crippen molar-refractivity contribution in [2.75, 3.05) is 6.54 Å². The zero-order chi connectivity index (χ0) is 8.85.